The van der Waals surface area contributed by atoms with Gasteiger partial charge in [-0.2, -0.15) is 0 Å². The van der Waals surface area contributed by atoms with Crippen LogP contribution in [0, 0.1) is 0 Å². The second kappa shape index (κ2) is 5.50. The average Bonchev–Trinajstić information content (AvgIpc) is 2.81. The Bertz CT molecular complexity index is 411. The van der Waals surface area contributed by atoms with Gasteiger partial charge in [-0.05, 0) is 44.4 Å². The molecule has 0 aliphatic heterocycles. The number of benzene rings is 1. The Morgan fingerprint density at radius 3 is 2.50 bits per heavy atom. The molecule has 1 aromatic carbocycles. The first-order valence-corrected chi connectivity index (χ1v) is 7.12. The van der Waals surface area contributed by atoms with Gasteiger partial charge in [-0.1, -0.05) is 30.5 Å². The molecule has 0 saturated heterocycles. The lowest BCUT2D eigenvalue weighted by molar-refractivity contribution is 0.242. The van der Waals surface area contributed by atoms with E-state index in [9.17, 15) is 0 Å². The van der Waals surface area contributed by atoms with E-state index in [1.165, 1.54) is 31.2 Å². The molecule has 0 atom stereocenters. The highest BCUT2D eigenvalue weighted by Gasteiger charge is 2.34. The van der Waals surface area contributed by atoms with Gasteiger partial charge in [0.05, 0.1) is 11.1 Å². The molecule has 100 valence electrons. The molecule has 0 unspecified atom stereocenters. The predicted octanol–water partition coefficient (Wildman–Crippen LogP) is 3.90. The summed E-state index contributed by atoms with van der Waals surface area (Å²) < 4.78 is 5.67. The number of hydrogen-bond acceptors (Lipinski definition) is 2. The summed E-state index contributed by atoms with van der Waals surface area (Å²) in [6, 6.07) is 6.15. The molecule has 18 heavy (non-hydrogen) atoms. The van der Waals surface area contributed by atoms with Gasteiger partial charge in [-0.3, -0.25) is 0 Å². The fourth-order valence-electron chi connectivity index (χ4n) is 2.84. The summed E-state index contributed by atoms with van der Waals surface area (Å²) in [7, 11) is 0. The Labute approximate surface area is 114 Å². The Balaban J connectivity index is 2.27. The lowest BCUT2D eigenvalue weighted by Gasteiger charge is -2.28. The fraction of sp³-hybridized carbons (Fsp3) is 0.600. The molecular formula is C15H22ClNO. The van der Waals surface area contributed by atoms with Crippen LogP contribution in [0.25, 0.3) is 0 Å². The van der Waals surface area contributed by atoms with Crippen LogP contribution in [0.4, 0.5) is 0 Å². The fourth-order valence-corrected chi connectivity index (χ4v) is 3.07. The van der Waals surface area contributed by atoms with Crippen molar-refractivity contribution >= 4 is 11.6 Å². The van der Waals surface area contributed by atoms with Gasteiger partial charge in [0.15, 0.2) is 0 Å². The first kappa shape index (κ1) is 13.7. The monoisotopic (exact) mass is 267 g/mol. The summed E-state index contributed by atoms with van der Waals surface area (Å²) in [6.07, 6.45) is 5.01. The van der Waals surface area contributed by atoms with Gasteiger partial charge in [0.25, 0.3) is 0 Å². The van der Waals surface area contributed by atoms with Crippen molar-refractivity contribution in [1.29, 1.82) is 0 Å². The van der Waals surface area contributed by atoms with Gasteiger partial charge < -0.3 is 10.5 Å². The van der Waals surface area contributed by atoms with E-state index in [-0.39, 0.29) is 11.5 Å². The van der Waals surface area contributed by atoms with Gasteiger partial charge in [-0.25, -0.2) is 0 Å². The number of hydrogen-bond donors (Lipinski definition) is 1. The smallest absolute Gasteiger partial charge is 0.138 e. The van der Waals surface area contributed by atoms with Crippen molar-refractivity contribution in [2.75, 3.05) is 6.54 Å². The highest BCUT2D eigenvalue weighted by molar-refractivity contribution is 6.32. The standard InChI is InChI=1S/C15H22ClNO/c1-11(2)18-14-6-5-12(9-13(14)16)15(10-17)7-3-4-8-15/h5-6,9,11H,3-4,7-8,10,17H2,1-2H3. The van der Waals surface area contributed by atoms with Crippen LogP contribution >= 0.6 is 11.6 Å². The quantitative estimate of drug-likeness (QED) is 0.898. The highest BCUT2D eigenvalue weighted by Crippen LogP contribution is 2.42. The van der Waals surface area contributed by atoms with Crippen LogP contribution in [-0.2, 0) is 5.41 Å². The van der Waals surface area contributed by atoms with Crippen LogP contribution < -0.4 is 10.5 Å². The van der Waals surface area contributed by atoms with Crippen molar-refractivity contribution in [2.24, 2.45) is 5.73 Å². The van der Waals surface area contributed by atoms with Crippen LogP contribution in [0.2, 0.25) is 5.02 Å². The Morgan fingerprint density at radius 1 is 1.33 bits per heavy atom. The van der Waals surface area contributed by atoms with Gasteiger partial charge >= 0.3 is 0 Å². The molecule has 1 aliphatic rings. The molecule has 0 spiro atoms. The normalized spacial score (nSPS) is 18.3. The summed E-state index contributed by atoms with van der Waals surface area (Å²) in [5, 5.41) is 0.695. The molecule has 1 aromatic rings. The van der Waals surface area contributed by atoms with E-state index in [1.54, 1.807) is 0 Å². The summed E-state index contributed by atoms with van der Waals surface area (Å²) in [5.74, 6) is 0.764. The minimum atomic E-state index is 0.139. The maximum absolute atomic E-state index is 6.31. The summed E-state index contributed by atoms with van der Waals surface area (Å²) >= 11 is 6.31. The largest absolute Gasteiger partial charge is 0.489 e. The van der Waals surface area contributed by atoms with E-state index in [0.717, 1.165) is 5.75 Å². The third-order valence-electron chi connectivity index (χ3n) is 3.86. The number of ether oxygens (including phenoxy) is 1. The minimum absolute atomic E-state index is 0.139. The maximum Gasteiger partial charge on any atom is 0.138 e. The zero-order valence-electron chi connectivity index (χ0n) is 11.2. The zero-order chi connectivity index (χ0) is 13.2. The molecular weight excluding hydrogens is 246 g/mol. The molecule has 2 rings (SSSR count). The molecule has 0 amide bonds. The van der Waals surface area contributed by atoms with E-state index in [4.69, 9.17) is 22.1 Å². The van der Waals surface area contributed by atoms with Gasteiger partial charge in [0, 0.05) is 12.0 Å². The van der Waals surface area contributed by atoms with Crippen LogP contribution in [0.3, 0.4) is 0 Å². The summed E-state index contributed by atoms with van der Waals surface area (Å²) in [6.45, 7) is 4.71. The molecule has 2 N–H and O–H groups in total. The van der Waals surface area contributed by atoms with Crippen molar-refractivity contribution in [3.05, 3.63) is 28.8 Å². The molecule has 0 radical (unpaired) electrons. The summed E-state index contributed by atoms with van der Waals surface area (Å²) in [5.41, 5.74) is 7.40. The van der Waals surface area contributed by atoms with Crippen LogP contribution in [-0.4, -0.2) is 12.6 Å². The Morgan fingerprint density at radius 2 is 2.00 bits per heavy atom. The van der Waals surface area contributed by atoms with Gasteiger partial charge in [0.1, 0.15) is 5.75 Å². The number of rotatable bonds is 4. The average molecular weight is 268 g/mol. The molecule has 2 nitrogen and oxygen atoms in total. The Kier molecular flexibility index (Phi) is 4.18. The predicted molar refractivity (Wildman–Crippen MR) is 76.4 cm³/mol. The first-order chi connectivity index (χ1) is 8.57. The van der Waals surface area contributed by atoms with Crippen molar-refractivity contribution in [2.45, 2.75) is 51.0 Å². The lowest BCUT2D eigenvalue weighted by Crippen LogP contribution is -2.31. The number of nitrogens with two attached hydrogens (primary N) is 1. The molecule has 1 aliphatic carbocycles. The maximum atomic E-state index is 6.31. The van der Waals surface area contributed by atoms with E-state index < -0.39 is 0 Å². The molecule has 1 saturated carbocycles. The van der Waals surface area contributed by atoms with Gasteiger partial charge in [0.2, 0.25) is 0 Å². The van der Waals surface area contributed by atoms with E-state index >= 15 is 0 Å². The first-order valence-electron chi connectivity index (χ1n) is 6.74. The SMILES string of the molecule is CC(C)Oc1ccc(C2(CN)CCCC2)cc1Cl. The second-order valence-electron chi connectivity index (χ2n) is 5.50. The third kappa shape index (κ3) is 2.65. The van der Waals surface area contributed by atoms with E-state index in [0.29, 0.717) is 11.6 Å². The van der Waals surface area contributed by atoms with Crippen LogP contribution in [0.1, 0.15) is 45.1 Å². The highest BCUT2D eigenvalue weighted by atomic mass is 35.5. The molecule has 0 heterocycles. The van der Waals surface area contributed by atoms with Crippen LogP contribution in [0.15, 0.2) is 18.2 Å². The van der Waals surface area contributed by atoms with Crippen molar-refractivity contribution in [3.63, 3.8) is 0 Å². The molecule has 0 bridgehead atoms. The van der Waals surface area contributed by atoms with Crippen LogP contribution in [0.5, 0.6) is 5.75 Å². The van der Waals surface area contributed by atoms with Crippen molar-refractivity contribution in [1.82, 2.24) is 0 Å². The van der Waals surface area contributed by atoms with Crippen molar-refractivity contribution in [3.8, 4) is 5.75 Å². The second-order valence-corrected chi connectivity index (χ2v) is 5.91. The Hall–Kier alpha value is -0.730. The molecule has 1 fully saturated rings. The zero-order valence-corrected chi connectivity index (χ0v) is 12.0. The lowest BCUT2D eigenvalue weighted by atomic mass is 9.79. The minimum Gasteiger partial charge on any atom is -0.489 e. The summed E-state index contributed by atoms with van der Waals surface area (Å²) in [4.78, 5) is 0. The molecule has 0 aromatic heterocycles. The third-order valence-corrected chi connectivity index (χ3v) is 4.15. The van der Waals surface area contributed by atoms with E-state index in [2.05, 4.69) is 6.07 Å². The van der Waals surface area contributed by atoms with Gasteiger partial charge in [-0.15, -0.1) is 0 Å². The van der Waals surface area contributed by atoms with Crippen molar-refractivity contribution < 1.29 is 4.74 Å². The molecule has 3 heteroatoms. The topological polar surface area (TPSA) is 35.2 Å². The van der Waals surface area contributed by atoms with E-state index in [1.807, 2.05) is 26.0 Å². The number of halogens is 1.